The molecule has 0 bridgehead atoms. The van der Waals surface area contributed by atoms with E-state index in [0.29, 0.717) is 25.5 Å². The topological polar surface area (TPSA) is 80.5 Å². The molecule has 1 atom stereocenters. The lowest BCUT2D eigenvalue weighted by Crippen LogP contribution is -3.14. The Morgan fingerprint density at radius 1 is 1.31 bits per heavy atom. The number of Topliss-reactive ketones (excluding diaryl/α,β-unsaturated/α-hetero) is 1. The van der Waals surface area contributed by atoms with Crippen LogP contribution in [0.5, 0.6) is 5.75 Å². The molecule has 140 valence electrons. The number of hydrogen-bond donors (Lipinski definition) is 2. The van der Waals surface area contributed by atoms with E-state index >= 15 is 0 Å². The van der Waals surface area contributed by atoms with Gasteiger partial charge in [-0.2, -0.15) is 0 Å². The Morgan fingerprint density at radius 2 is 1.96 bits per heavy atom. The lowest BCUT2D eigenvalue weighted by Gasteiger charge is -2.30. The molecule has 7 heteroatoms. The van der Waals surface area contributed by atoms with Crippen molar-refractivity contribution in [3.8, 4) is 5.75 Å². The van der Waals surface area contributed by atoms with Gasteiger partial charge in [-0.3, -0.25) is 9.59 Å². The first-order valence-electron chi connectivity index (χ1n) is 8.83. The summed E-state index contributed by atoms with van der Waals surface area (Å²) in [4.78, 5) is 27.7. The van der Waals surface area contributed by atoms with Gasteiger partial charge in [0.1, 0.15) is 18.8 Å². The Hall–Kier alpha value is -2.38. The molecule has 2 heterocycles. The summed E-state index contributed by atoms with van der Waals surface area (Å²) in [5.74, 6) is -0.517. The average molecular weight is 361 g/mol. The average Bonchev–Trinajstić information content (AvgIpc) is 2.92. The van der Waals surface area contributed by atoms with Gasteiger partial charge in [-0.1, -0.05) is 12.1 Å². The van der Waals surface area contributed by atoms with E-state index in [2.05, 4.69) is 0 Å². The smallest absolute Gasteiger partial charge is 0.290 e. The number of nitrogens with one attached hydrogen (secondary N) is 1. The zero-order chi connectivity index (χ0) is 18.7. The third kappa shape index (κ3) is 3.59. The van der Waals surface area contributed by atoms with E-state index in [-0.39, 0.29) is 11.4 Å². The second-order valence-corrected chi connectivity index (χ2v) is 6.61. The van der Waals surface area contributed by atoms with E-state index in [1.165, 1.54) is 11.8 Å². The van der Waals surface area contributed by atoms with E-state index < -0.39 is 17.7 Å². The fourth-order valence-electron chi connectivity index (χ4n) is 3.57. The number of methoxy groups -OCH3 is 1. The molecular weight excluding hydrogens is 336 g/mol. The monoisotopic (exact) mass is 361 g/mol. The first-order valence-corrected chi connectivity index (χ1v) is 8.83. The van der Waals surface area contributed by atoms with Crippen molar-refractivity contribution < 1.29 is 29.1 Å². The zero-order valence-corrected chi connectivity index (χ0v) is 15.2. The van der Waals surface area contributed by atoms with Crippen LogP contribution < -0.4 is 9.64 Å². The standard InChI is InChI=1S/C19H24N2O5/c1-13(22)16-17(14-3-5-15(25-2)6-4-14)21(19(24)18(16)23)8-7-20-9-11-26-12-10-20/h3-6,17,23H,7-12H2,1-2H3/p+1/t17-/m1/s1. The van der Waals surface area contributed by atoms with Gasteiger partial charge in [0.2, 0.25) is 0 Å². The molecule has 0 spiro atoms. The van der Waals surface area contributed by atoms with Gasteiger partial charge in [-0.15, -0.1) is 0 Å². The normalized spacial score (nSPS) is 21.4. The molecule has 2 aliphatic rings. The Morgan fingerprint density at radius 3 is 2.54 bits per heavy atom. The summed E-state index contributed by atoms with van der Waals surface area (Å²) in [5.41, 5.74) is 0.947. The summed E-state index contributed by atoms with van der Waals surface area (Å²) in [5, 5.41) is 10.3. The number of aliphatic hydroxyl groups excluding tert-OH is 1. The van der Waals surface area contributed by atoms with Gasteiger partial charge in [-0.25, -0.2) is 0 Å². The number of morpholine rings is 1. The predicted octanol–water partition coefficient (Wildman–Crippen LogP) is -0.105. The molecule has 1 amide bonds. The number of rotatable bonds is 6. The minimum absolute atomic E-state index is 0.164. The molecule has 0 aromatic heterocycles. The van der Waals surface area contributed by atoms with E-state index in [0.717, 1.165) is 25.2 Å². The van der Waals surface area contributed by atoms with Crippen LogP contribution in [0.25, 0.3) is 0 Å². The fourth-order valence-corrected chi connectivity index (χ4v) is 3.57. The summed E-state index contributed by atoms with van der Waals surface area (Å²) < 4.78 is 10.5. The summed E-state index contributed by atoms with van der Waals surface area (Å²) in [6.45, 7) is 5.82. The van der Waals surface area contributed by atoms with E-state index in [4.69, 9.17) is 9.47 Å². The number of ketones is 1. The molecule has 7 nitrogen and oxygen atoms in total. The maximum absolute atomic E-state index is 12.6. The van der Waals surface area contributed by atoms with Crippen molar-refractivity contribution in [2.45, 2.75) is 13.0 Å². The Balaban J connectivity index is 1.85. The highest BCUT2D eigenvalue weighted by molar-refractivity contribution is 6.08. The largest absolute Gasteiger partial charge is 0.503 e. The van der Waals surface area contributed by atoms with Crippen LogP contribution in [-0.2, 0) is 14.3 Å². The summed E-state index contributed by atoms with van der Waals surface area (Å²) >= 11 is 0. The van der Waals surface area contributed by atoms with Crippen LogP contribution in [-0.4, -0.2) is 68.2 Å². The minimum Gasteiger partial charge on any atom is -0.503 e. The molecule has 0 radical (unpaired) electrons. The third-order valence-electron chi connectivity index (χ3n) is 5.02. The lowest BCUT2D eigenvalue weighted by atomic mass is 9.96. The molecular formula is C19H25N2O5+. The van der Waals surface area contributed by atoms with Gasteiger partial charge >= 0.3 is 0 Å². The van der Waals surface area contributed by atoms with E-state index in [1.807, 2.05) is 12.1 Å². The summed E-state index contributed by atoms with van der Waals surface area (Å²) in [6.07, 6.45) is 0. The maximum Gasteiger partial charge on any atom is 0.290 e. The number of carbonyl (C=O) groups excluding carboxylic acids is 2. The molecule has 1 fully saturated rings. The first-order chi connectivity index (χ1) is 12.5. The van der Waals surface area contributed by atoms with Gasteiger partial charge in [0.15, 0.2) is 11.5 Å². The van der Waals surface area contributed by atoms with E-state index in [1.54, 1.807) is 24.1 Å². The number of hydrogen-bond acceptors (Lipinski definition) is 5. The Bertz CT molecular complexity index is 707. The molecule has 0 aliphatic carbocycles. The summed E-state index contributed by atoms with van der Waals surface area (Å²) in [6, 6.07) is 6.67. The number of carbonyl (C=O) groups is 2. The molecule has 0 saturated carbocycles. The molecule has 3 rings (SSSR count). The summed E-state index contributed by atoms with van der Waals surface area (Å²) in [7, 11) is 1.58. The van der Waals surface area contributed by atoms with Crippen LogP contribution in [0, 0.1) is 0 Å². The van der Waals surface area contributed by atoms with E-state index in [9.17, 15) is 14.7 Å². The number of benzene rings is 1. The zero-order valence-electron chi connectivity index (χ0n) is 15.2. The number of aliphatic hydroxyl groups is 1. The lowest BCUT2D eigenvalue weighted by molar-refractivity contribution is -0.907. The number of quaternary nitrogens is 1. The van der Waals surface area contributed by atoms with Crippen molar-refractivity contribution in [2.24, 2.45) is 0 Å². The van der Waals surface area contributed by atoms with Crippen LogP contribution in [0.3, 0.4) is 0 Å². The highest BCUT2D eigenvalue weighted by atomic mass is 16.5. The Labute approximate surface area is 152 Å². The van der Waals surface area contributed by atoms with Gasteiger partial charge in [0.05, 0.1) is 45.0 Å². The molecule has 1 aromatic rings. The number of ether oxygens (including phenoxy) is 2. The predicted molar refractivity (Wildman–Crippen MR) is 94.2 cm³/mol. The molecule has 1 saturated heterocycles. The van der Waals surface area contributed by atoms with Crippen LogP contribution in [0.2, 0.25) is 0 Å². The SMILES string of the molecule is COc1ccc([C@@H]2C(C(C)=O)=C(O)C(=O)N2CC[NH+]2CCOCC2)cc1. The van der Waals surface area contributed by atoms with Gasteiger partial charge in [0, 0.05) is 0 Å². The second-order valence-electron chi connectivity index (χ2n) is 6.61. The molecule has 2 N–H and O–H groups in total. The highest BCUT2D eigenvalue weighted by Crippen LogP contribution is 2.37. The van der Waals surface area contributed by atoms with Crippen molar-refractivity contribution in [1.29, 1.82) is 0 Å². The quantitative estimate of drug-likeness (QED) is 0.739. The van der Waals surface area contributed by atoms with Crippen molar-refractivity contribution in [1.82, 2.24) is 4.90 Å². The van der Waals surface area contributed by atoms with Crippen LogP contribution in [0.15, 0.2) is 35.6 Å². The Kier molecular flexibility index (Phi) is 5.58. The van der Waals surface area contributed by atoms with Crippen molar-refractivity contribution in [3.05, 3.63) is 41.2 Å². The molecule has 26 heavy (non-hydrogen) atoms. The van der Waals surface area contributed by atoms with Gasteiger partial charge < -0.3 is 24.4 Å². The van der Waals surface area contributed by atoms with Gasteiger partial charge in [-0.05, 0) is 24.6 Å². The van der Waals surface area contributed by atoms with Gasteiger partial charge in [0.25, 0.3) is 5.91 Å². The number of nitrogens with zero attached hydrogens (tertiary/aromatic N) is 1. The van der Waals surface area contributed by atoms with Crippen LogP contribution in [0.1, 0.15) is 18.5 Å². The highest BCUT2D eigenvalue weighted by Gasteiger charge is 2.42. The first kappa shape index (κ1) is 18.4. The maximum atomic E-state index is 12.6. The van der Waals surface area contributed by atoms with Crippen molar-refractivity contribution in [3.63, 3.8) is 0 Å². The second kappa shape index (κ2) is 7.88. The minimum atomic E-state index is -0.564. The fraction of sp³-hybridized carbons (Fsp3) is 0.474. The number of amides is 1. The van der Waals surface area contributed by atoms with Crippen molar-refractivity contribution >= 4 is 11.7 Å². The van der Waals surface area contributed by atoms with Crippen LogP contribution in [0.4, 0.5) is 0 Å². The van der Waals surface area contributed by atoms with Crippen LogP contribution >= 0.6 is 0 Å². The van der Waals surface area contributed by atoms with Crippen molar-refractivity contribution in [2.75, 3.05) is 46.5 Å². The molecule has 1 aromatic carbocycles. The third-order valence-corrected chi connectivity index (χ3v) is 5.02. The molecule has 0 unspecified atom stereocenters. The molecule has 2 aliphatic heterocycles.